The average molecular weight is 255 g/mol. The van der Waals surface area contributed by atoms with E-state index < -0.39 is 0 Å². The third-order valence-electron chi connectivity index (χ3n) is 4.35. The van der Waals surface area contributed by atoms with Gasteiger partial charge in [-0.2, -0.15) is 0 Å². The second-order valence-corrected chi connectivity index (χ2v) is 6.16. The van der Waals surface area contributed by atoms with Crippen LogP contribution < -0.4 is 0 Å². The van der Waals surface area contributed by atoms with Gasteiger partial charge in [0.2, 0.25) is 0 Å². The Morgan fingerprint density at radius 2 is 1.17 bits per heavy atom. The lowest BCUT2D eigenvalue weighted by molar-refractivity contribution is 0.304. The zero-order valence-corrected chi connectivity index (χ0v) is 13.6. The summed E-state index contributed by atoms with van der Waals surface area (Å²) in [5.74, 6) is 2.02. The smallest absolute Gasteiger partial charge is 0.0412 e. The molecule has 0 saturated carbocycles. The highest BCUT2D eigenvalue weighted by molar-refractivity contribution is 4.66. The molecule has 1 unspecified atom stereocenters. The van der Waals surface area contributed by atoms with Crippen LogP contribution in [0.15, 0.2) is 0 Å². The SMILES string of the molecule is CCCCCCCC(CC)CC(CCC)CCC. The summed E-state index contributed by atoms with van der Waals surface area (Å²) in [6, 6.07) is 0. The van der Waals surface area contributed by atoms with Gasteiger partial charge in [-0.15, -0.1) is 0 Å². The molecule has 0 rings (SSSR count). The van der Waals surface area contributed by atoms with Crippen molar-refractivity contribution in [3.05, 3.63) is 0 Å². The maximum atomic E-state index is 2.39. The zero-order chi connectivity index (χ0) is 13.6. The normalized spacial score (nSPS) is 13.2. The Hall–Kier alpha value is 0. The van der Waals surface area contributed by atoms with Crippen LogP contribution in [0.4, 0.5) is 0 Å². The Morgan fingerprint density at radius 1 is 0.556 bits per heavy atom. The van der Waals surface area contributed by atoms with Crippen LogP contribution in [-0.4, -0.2) is 0 Å². The van der Waals surface area contributed by atoms with E-state index in [0.29, 0.717) is 0 Å². The predicted octanol–water partition coefficient (Wildman–Crippen LogP) is 6.98. The molecule has 0 saturated heterocycles. The second kappa shape index (κ2) is 13.4. The van der Waals surface area contributed by atoms with E-state index in [4.69, 9.17) is 0 Å². The first-order valence-electron chi connectivity index (χ1n) is 8.78. The van der Waals surface area contributed by atoms with Crippen LogP contribution in [0.2, 0.25) is 0 Å². The Balaban J connectivity index is 3.77. The van der Waals surface area contributed by atoms with Gasteiger partial charge in [-0.05, 0) is 18.3 Å². The third kappa shape index (κ3) is 9.97. The summed E-state index contributed by atoms with van der Waals surface area (Å²) in [6.45, 7) is 9.38. The van der Waals surface area contributed by atoms with Crippen LogP contribution in [0.1, 0.15) is 105 Å². The predicted molar refractivity (Wildman–Crippen MR) is 85.1 cm³/mol. The molecule has 0 radical (unpaired) electrons. The fourth-order valence-electron chi connectivity index (χ4n) is 3.19. The Bertz CT molecular complexity index is 144. The van der Waals surface area contributed by atoms with Crippen molar-refractivity contribution in [3.63, 3.8) is 0 Å². The minimum atomic E-state index is 1.01. The molecule has 0 aromatic rings. The van der Waals surface area contributed by atoms with E-state index in [2.05, 4.69) is 27.7 Å². The summed E-state index contributed by atoms with van der Waals surface area (Å²) < 4.78 is 0. The Morgan fingerprint density at radius 3 is 1.67 bits per heavy atom. The number of hydrogen-bond donors (Lipinski definition) is 0. The van der Waals surface area contributed by atoms with Crippen molar-refractivity contribution in [2.24, 2.45) is 11.8 Å². The molecule has 0 aliphatic carbocycles. The fraction of sp³-hybridized carbons (Fsp3) is 1.00. The minimum absolute atomic E-state index is 1.01. The highest BCUT2D eigenvalue weighted by atomic mass is 14.2. The van der Waals surface area contributed by atoms with Crippen LogP contribution in [-0.2, 0) is 0 Å². The van der Waals surface area contributed by atoms with Crippen molar-refractivity contribution in [2.45, 2.75) is 105 Å². The molecule has 0 fully saturated rings. The van der Waals surface area contributed by atoms with E-state index in [-0.39, 0.29) is 0 Å². The summed E-state index contributed by atoms with van der Waals surface area (Å²) in [6.07, 6.45) is 17.3. The van der Waals surface area contributed by atoms with E-state index in [1.165, 1.54) is 77.0 Å². The molecule has 18 heavy (non-hydrogen) atoms. The summed E-state index contributed by atoms with van der Waals surface area (Å²) in [5.41, 5.74) is 0. The molecular formula is C18H38. The largest absolute Gasteiger partial charge is 0.0654 e. The average Bonchev–Trinajstić information content (AvgIpc) is 2.37. The molecule has 0 heteroatoms. The molecule has 0 aromatic heterocycles. The lowest BCUT2D eigenvalue weighted by atomic mass is 9.84. The lowest BCUT2D eigenvalue weighted by Crippen LogP contribution is -2.09. The summed E-state index contributed by atoms with van der Waals surface area (Å²) >= 11 is 0. The summed E-state index contributed by atoms with van der Waals surface area (Å²) in [4.78, 5) is 0. The van der Waals surface area contributed by atoms with Gasteiger partial charge in [-0.25, -0.2) is 0 Å². The molecule has 0 heterocycles. The standard InChI is InChI=1S/C18H38/c1-5-9-10-11-12-15-17(8-4)16-18(13-6-2)14-7-3/h17-18H,5-16H2,1-4H3. The first kappa shape index (κ1) is 18.0. The molecule has 0 aliphatic rings. The van der Waals surface area contributed by atoms with Gasteiger partial charge in [0.05, 0.1) is 0 Å². The quantitative estimate of drug-likeness (QED) is 0.311. The maximum absolute atomic E-state index is 2.39. The van der Waals surface area contributed by atoms with Crippen LogP contribution in [0, 0.1) is 11.8 Å². The van der Waals surface area contributed by atoms with Gasteiger partial charge in [0, 0.05) is 0 Å². The van der Waals surface area contributed by atoms with Crippen molar-refractivity contribution in [2.75, 3.05) is 0 Å². The Labute approximate surface area is 117 Å². The van der Waals surface area contributed by atoms with Crippen LogP contribution >= 0.6 is 0 Å². The minimum Gasteiger partial charge on any atom is -0.0654 e. The Kier molecular flexibility index (Phi) is 13.4. The van der Waals surface area contributed by atoms with E-state index in [1.807, 2.05) is 0 Å². The monoisotopic (exact) mass is 254 g/mol. The van der Waals surface area contributed by atoms with Crippen molar-refractivity contribution in [1.82, 2.24) is 0 Å². The molecule has 0 amide bonds. The topological polar surface area (TPSA) is 0 Å². The van der Waals surface area contributed by atoms with Crippen LogP contribution in [0.3, 0.4) is 0 Å². The molecule has 0 aromatic carbocycles. The fourth-order valence-corrected chi connectivity index (χ4v) is 3.19. The van der Waals surface area contributed by atoms with Crippen molar-refractivity contribution < 1.29 is 0 Å². The lowest BCUT2D eigenvalue weighted by Gasteiger charge is -2.22. The van der Waals surface area contributed by atoms with Crippen molar-refractivity contribution in [1.29, 1.82) is 0 Å². The van der Waals surface area contributed by atoms with E-state index in [0.717, 1.165) is 11.8 Å². The van der Waals surface area contributed by atoms with Gasteiger partial charge in [0.15, 0.2) is 0 Å². The van der Waals surface area contributed by atoms with Crippen LogP contribution in [0.5, 0.6) is 0 Å². The number of hydrogen-bond acceptors (Lipinski definition) is 0. The molecule has 0 N–H and O–H groups in total. The summed E-state index contributed by atoms with van der Waals surface area (Å²) in [5, 5.41) is 0. The first-order valence-corrected chi connectivity index (χ1v) is 8.78. The maximum Gasteiger partial charge on any atom is -0.0412 e. The molecule has 0 nitrogen and oxygen atoms in total. The van der Waals surface area contributed by atoms with Gasteiger partial charge in [0.1, 0.15) is 0 Å². The molecular weight excluding hydrogens is 216 g/mol. The molecule has 110 valence electrons. The van der Waals surface area contributed by atoms with Gasteiger partial charge in [0.25, 0.3) is 0 Å². The van der Waals surface area contributed by atoms with E-state index >= 15 is 0 Å². The van der Waals surface area contributed by atoms with Gasteiger partial charge < -0.3 is 0 Å². The number of unbranched alkanes of at least 4 members (excludes halogenated alkanes) is 4. The highest BCUT2D eigenvalue weighted by Crippen LogP contribution is 2.27. The van der Waals surface area contributed by atoms with E-state index in [9.17, 15) is 0 Å². The number of rotatable bonds is 13. The molecule has 1 atom stereocenters. The third-order valence-corrected chi connectivity index (χ3v) is 4.35. The summed E-state index contributed by atoms with van der Waals surface area (Å²) in [7, 11) is 0. The second-order valence-electron chi connectivity index (χ2n) is 6.16. The molecule has 0 aliphatic heterocycles. The molecule has 0 bridgehead atoms. The molecule has 0 spiro atoms. The van der Waals surface area contributed by atoms with Gasteiger partial charge >= 0.3 is 0 Å². The first-order chi connectivity index (χ1) is 8.78. The van der Waals surface area contributed by atoms with Gasteiger partial charge in [-0.3, -0.25) is 0 Å². The highest BCUT2D eigenvalue weighted by Gasteiger charge is 2.13. The van der Waals surface area contributed by atoms with Crippen LogP contribution in [0.25, 0.3) is 0 Å². The zero-order valence-electron chi connectivity index (χ0n) is 13.6. The van der Waals surface area contributed by atoms with Crippen molar-refractivity contribution >= 4 is 0 Å². The van der Waals surface area contributed by atoms with Crippen molar-refractivity contribution in [3.8, 4) is 0 Å². The van der Waals surface area contributed by atoms with E-state index in [1.54, 1.807) is 0 Å². The van der Waals surface area contributed by atoms with Gasteiger partial charge in [-0.1, -0.05) is 98.3 Å².